The van der Waals surface area contributed by atoms with Crippen molar-refractivity contribution in [2.45, 2.75) is 50.0 Å². The molecule has 0 saturated heterocycles. The van der Waals surface area contributed by atoms with Gasteiger partial charge in [-0.2, -0.15) is 8.78 Å². The summed E-state index contributed by atoms with van der Waals surface area (Å²) in [5, 5.41) is 10.7. The summed E-state index contributed by atoms with van der Waals surface area (Å²) < 4.78 is 33.4. The van der Waals surface area contributed by atoms with Crippen LogP contribution in [0.1, 0.15) is 44.1 Å². The van der Waals surface area contributed by atoms with Crippen LogP contribution in [-0.2, 0) is 9.53 Å². The zero-order valence-corrected chi connectivity index (χ0v) is 12.0. The van der Waals surface area contributed by atoms with Crippen molar-refractivity contribution in [3.05, 3.63) is 35.9 Å². The van der Waals surface area contributed by atoms with Gasteiger partial charge in [0, 0.05) is 5.92 Å². The Bertz CT molecular complexity index is 490. The molecule has 1 aromatic rings. The van der Waals surface area contributed by atoms with Crippen LogP contribution in [-0.4, -0.2) is 29.2 Å². The van der Waals surface area contributed by atoms with Crippen LogP contribution in [0.5, 0.6) is 0 Å². The number of carbonyl (C=O) groups excluding carboxylic acids is 1. The van der Waals surface area contributed by atoms with Gasteiger partial charge in [-0.05, 0) is 25.3 Å². The van der Waals surface area contributed by atoms with Gasteiger partial charge in [-0.25, -0.2) is 4.79 Å². The van der Waals surface area contributed by atoms with Gasteiger partial charge in [-0.1, -0.05) is 43.2 Å². The number of rotatable bonds is 4. The predicted molar refractivity (Wildman–Crippen MR) is 74.2 cm³/mol. The first-order valence-electron chi connectivity index (χ1n) is 7.26. The van der Waals surface area contributed by atoms with Gasteiger partial charge in [0.1, 0.15) is 5.60 Å². The van der Waals surface area contributed by atoms with Crippen molar-refractivity contribution in [3.8, 4) is 0 Å². The first-order chi connectivity index (χ1) is 9.93. The van der Waals surface area contributed by atoms with E-state index < -0.39 is 23.4 Å². The van der Waals surface area contributed by atoms with Crippen molar-refractivity contribution >= 4 is 5.97 Å². The summed E-state index contributed by atoms with van der Waals surface area (Å²) in [5.74, 6) is -6.33. The third-order valence-electron chi connectivity index (χ3n) is 4.15. The zero-order chi connectivity index (χ0) is 15.5. The quantitative estimate of drug-likeness (QED) is 0.868. The molecule has 0 spiro atoms. The van der Waals surface area contributed by atoms with E-state index in [1.807, 2.05) is 0 Å². The Hall–Kier alpha value is -1.49. The molecule has 0 aromatic heterocycles. The van der Waals surface area contributed by atoms with Crippen molar-refractivity contribution in [1.82, 2.24) is 0 Å². The minimum Gasteiger partial charge on any atom is -0.461 e. The van der Waals surface area contributed by atoms with Crippen LogP contribution < -0.4 is 0 Å². The summed E-state index contributed by atoms with van der Waals surface area (Å²) in [6.45, 7) is 1.33. The number of esters is 1. The van der Waals surface area contributed by atoms with Gasteiger partial charge in [-0.3, -0.25) is 0 Å². The molecule has 2 rings (SSSR count). The Morgan fingerprint density at radius 1 is 1.38 bits per heavy atom. The second-order valence-electron chi connectivity index (χ2n) is 5.43. The summed E-state index contributed by atoms with van der Waals surface area (Å²) in [6.07, 6.45) is 1.53. The Kier molecular flexibility index (Phi) is 4.61. The average Bonchev–Trinajstić information content (AvgIpc) is 2.48. The lowest BCUT2D eigenvalue weighted by Crippen LogP contribution is -2.58. The third-order valence-corrected chi connectivity index (χ3v) is 4.15. The molecule has 0 aliphatic heterocycles. The third kappa shape index (κ3) is 2.79. The molecule has 5 heteroatoms. The molecule has 116 valence electrons. The Morgan fingerprint density at radius 2 is 2.05 bits per heavy atom. The maximum atomic E-state index is 14.5. The van der Waals surface area contributed by atoms with E-state index in [0.29, 0.717) is 18.4 Å². The Labute approximate surface area is 122 Å². The molecule has 0 heterocycles. The van der Waals surface area contributed by atoms with Gasteiger partial charge < -0.3 is 9.84 Å². The zero-order valence-electron chi connectivity index (χ0n) is 12.0. The highest BCUT2D eigenvalue weighted by Crippen LogP contribution is 2.49. The van der Waals surface area contributed by atoms with Gasteiger partial charge in [-0.15, -0.1) is 0 Å². The fraction of sp³-hybridized carbons (Fsp3) is 0.562. The predicted octanol–water partition coefficient (Wildman–Crippen LogP) is 3.27. The number of hydrogen-bond donors (Lipinski definition) is 1. The molecule has 2 atom stereocenters. The van der Waals surface area contributed by atoms with Crippen LogP contribution in [0.25, 0.3) is 0 Å². The van der Waals surface area contributed by atoms with Crippen LogP contribution in [0, 0.1) is 0 Å². The Balaban J connectivity index is 2.38. The second kappa shape index (κ2) is 6.10. The minimum atomic E-state index is -3.91. The average molecular weight is 298 g/mol. The highest BCUT2D eigenvalue weighted by Gasteiger charge is 2.63. The van der Waals surface area contributed by atoms with E-state index in [4.69, 9.17) is 0 Å². The first-order valence-corrected chi connectivity index (χ1v) is 7.26. The van der Waals surface area contributed by atoms with Crippen molar-refractivity contribution in [2.24, 2.45) is 0 Å². The largest absolute Gasteiger partial charge is 0.461 e. The molecule has 1 saturated carbocycles. The molecular formula is C16H20F2O3. The van der Waals surface area contributed by atoms with Crippen LogP contribution in [0.4, 0.5) is 8.78 Å². The van der Waals surface area contributed by atoms with E-state index in [1.165, 1.54) is 6.92 Å². The summed E-state index contributed by atoms with van der Waals surface area (Å²) in [5.41, 5.74) is -1.76. The highest BCUT2D eigenvalue weighted by molar-refractivity contribution is 5.79. The summed E-state index contributed by atoms with van der Waals surface area (Å²) in [4.78, 5) is 11.6. The number of halogens is 2. The Morgan fingerprint density at radius 3 is 2.67 bits per heavy atom. The number of hydrogen-bond acceptors (Lipinski definition) is 3. The lowest BCUT2D eigenvalue weighted by molar-refractivity contribution is -0.225. The number of benzene rings is 1. The maximum Gasteiger partial charge on any atom is 0.380 e. The monoisotopic (exact) mass is 298 g/mol. The van der Waals surface area contributed by atoms with Gasteiger partial charge in [0.2, 0.25) is 0 Å². The molecule has 0 bridgehead atoms. The number of carbonyl (C=O) groups is 1. The normalized spacial score (nSPS) is 26.4. The van der Waals surface area contributed by atoms with Crippen molar-refractivity contribution < 1.29 is 23.4 Å². The van der Waals surface area contributed by atoms with Gasteiger partial charge >= 0.3 is 11.9 Å². The van der Waals surface area contributed by atoms with E-state index in [2.05, 4.69) is 4.74 Å². The molecule has 1 N–H and O–H groups in total. The molecule has 21 heavy (non-hydrogen) atoms. The molecule has 1 aromatic carbocycles. The van der Waals surface area contributed by atoms with Crippen LogP contribution in [0.2, 0.25) is 0 Å². The molecule has 3 nitrogen and oxygen atoms in total. The fourth-order valence-corrected chi connectivity index (χ4v) is 3.06. The maximum absolute atomic E-state index is 14.5. The van der Waals surface area contributed by atoms with E-state index >= 15 is 0 Å². The van der Waals surface area contributed by atoms with E-state index in [9.17, 15) is 18.7 Å². The minimum absolute atomic E-state index is 0.113. The smallest absolute Gasteiger partial charge is 0.380 e. The lowest BCUT2D eigenvalue weighted by Gasteiger charge is -2.43. The van der Waals surface area contributed by atoms with Crippen LogP contribution in [0.3, 0.4) is 0 Å². The molecule has 1 aliphatic carbocycles. The molecule has 0 amide bonds. The topological polar surface area (TPSA) is 46.5 Å². The molecule has 1 fully saturated rings. The molecule has 0 radical (unpaired) electrons. The molecule has 1 aliphatic rings. The number of alkyl halides is 2. The standard InChI is InChI=1S/C16H20F2O3/c1-2-21-14(19)16(17,18)15(20)11-7-6-10-13(15)12-8-4-3-5-9-12/h3-5,8-9,13,20H,2,6-7,10-11H2,1H3. The van der Waals surface area contributed by atoms with E-state index in [0.717, 1.165) is 6.42 Å². The number of aliphatic hydroxyl groups is 1. The van der Waals surface area contributed by atoms with Crippen LogP contribution in [0.15, 0.2) is 30.3 Å². The lowest BCUT2D eigenvalue weighted by atomic mass is 9.68. The fourth-order valence-electron chi connectivity index (χ4n) is 3.06. The first kappa shape index (κ1) is 15.9. The molecule has 2 unspecified atom stereocenters. The van der Waals surface area contributed by atoms with Crippen molar-refractivity contribution in [2.75, 3.05) is 6.61 Å². The highest BCUT2D eigenvalue weighted by atomic mass is 19.3. The van der Waals surface area contributed by atoms with Gasteiger partial charge in [0.15, 0.2) is 0 Å². The second-order valence-corrected chi connectivity index (χ2v) is 5.43. The van der Waals surface area contributed by atoms with Crippen molar-refractivity contribution in [1.29, 1.82) is 0 Å². The SMILES string of the molecule is CCOC(=O)C(F)(F)C1(O)CCCCC1c1ccccc1. The summed E-state index contributed by atoms with van der Waals surface area (Å²) >= 11 is 0. The summed E-state index contributed by atoms with van der Waals surface area (Å²) in [6, 6.07) is 8.69. The van der Waals surface area contributed by atoms with Gasteiger partial charge in [0.05, 0.1) is 6.61 Å². The van der Waals surface area contributed by atoms with E-state index in [1.54, 1.807) is 30.3 Å². The summed E-state index contributed by atoms with van der Waals surface area (Å²) in [7, 11) is 0. The van der Waals surface area contributed by atoms with Gasteiger partial charge in [0.25, 0.3) is 0 Å². The van der Waals surface area contributed by atoms with E-state index in [-0.39, 0.29) is 13.0 Å². The van der Waals surface area contributed by atoms with Crippen LogP contribution >= 0.6 is 0 Å². The van der Waals surface area contributed by atoms with Crippen molar-refractivity contribution in [3.63, 3.8) is 0 Å². The number of ether oxygens (including phenoxy) is 1. The molecular weight excluding hydrogens is 278 g/mol.